The lowest BCUT2D eigenvalue weighted by Gasteiger charge is -2.26. The molecule has 0 atom stereocenters. The molecule has 0 spiro atoms. The quantitative estimate of drug-likeness (QED) is 0.740. The minimum absolute atomic E-state index is 0.747. The standard InChI is InChI=1S/C13H15N7/c1-2-6-20(7-3-1)13-17-10(12-14-4-5-15-12)9-8-16-19-11(9)18-13/h4-5,8H,1-3,6-7H2,(H,14,15)(H,16,17,18,19). The molecule has 2 N–H and O–H groups in total. The van der Waals surface area contributed by atoms with Gasteiger partial charge in [0.1, 0.15) is 5.69 Å². The summed E-state index contributed by atoms with van der Waals surface area (Å²) in [5, 5.41) is 7.89. The first kappa shape index (κ1) is 11.4. The first-order chi connectivity index (χ1) is 9.92. The topological polar surface area (TPSA) is 86.4 Å². The molecular weight excluding hydrogens is 254 g/mol. The Morgan fingerprint density at radius 3 is 2.80 bits per heavy atom. The first-order valence-electron chi connectivity index (χ1n) is 6.87. The van der Waals surface area contributed by atoms with E-state index in [4.69, 9.17) is 4.98 Å². The van der Waals surface area contributed by atoms with Gasteiger partial charge in [-0.2, -0.15) is 10.1 Å². The highest BCUT2D eigenvalue weighted by atomic mass is 15.3. The molecule has 1 aliphatic rings. The van der Waals surface area contributed by atoms with Crippen LogP contribution in [0.25, 0.3) is 22.6 Å². The van der Waals surface area contributed by atoms with Crippen LogP contribution in [-0.2, 0) is 0 Å². The second-order valence-electron chi connectivity index (χ2n) is 4.99. The van der Waals surface area contributed by atoms with Crippen molar-refractivity contribution in [3.63, 3.8) is 0 Å². The molecule has 7 nitrogen and oxygen atoms in total. The molecule has 0 aliphatic carbocycles. The van der Waals surface area contributed by atoms with Gasteiger partial charge in [-0.3, -0.25) is 5.10 Å². The van der Waals surface area contributed by atoms with Crippen molar-refractivity contribution in [3.05, 3.63) is 18.6 Å². The first-order valence-corrected chi connectivity index (χ1v) is 6.87. The van der Waals surface area contributed by atoms with Crippen LogP contribution in [-0.4, -0.2) is 43.2 Å². The highest BCUT2D eigenvalue weighted by Crippen LogP contribution is 2.25. The van der Waals surface area contributed by atoms with Gasteiger partial charge in [0, 0.05) is 25.5 Å². The summed E-state index contributed by atoms with van der Waals surface area (Å²) in [4.78, 5) is 18.9. The molecule has 0 saturated carbocycles. The Morgan fingerprint density at radius 1 is 1.10 bits per heavy atom. The van der Waals surface area contributed by atoms with Crippen molar-refractivity contribution < 1.29 is 0 Å². The predicted octanol–water partition coefficient (Wildman–Crippen LogP) is 1.73. The summed E-state index contributed by atoms with van der Waals surface area (Å²) >= 11 is 0. The van der Waals surface area contributed by atoms with Crippen molar-refractivity contribution >= 4 is 17.0 Å². The van der Waals surface area contributed by atoms with Crippen molar-refractivity contribution in [2.45, 2.75) is 19.3 Å². The third-order valence-electron chi connectivity index (χ3n) is 3.66. The van der Waals surface area contributed by atoms with Gasteiger partial charge >= 0.3 is 0 Å². The largest absolute Gasteiger partial charge is 0.343 e. The van der Waals surface area contributed by atoms with E-state index >= 15 is 0 Å². The van der Waals surface area contributed by atoms with Gasteiger partial charge in [0.15, 0.2) is 11.5 Å². The smallest absolute Gasteiger partial charge is 0.228 e. The molecule has 0 bridgehead atoms. The van der Waals surface area contributed by atoms with E-state index in [-0.39, 0.29) is 0 Å². The van der Waals surface area contributed by atoms with Crippen molar-refractivity contribution in [1.29, 1.82) is 0 Å². The molecule has 3 aromatic rings. The predicted molar refractivity (Wildman–Crippen MR) is 75.3 cm³/mol. The van der Waals surface area contributed by atoms with Gasteiger partial charge in [-0.15, -0.1) is 0 Å². The van der Waals surface area contributed by atoms with Crippen LogP contribution in [0.2, 0.25) is 0 Å². The van der Waals surface area contributed by atoms with Gasteiger partial charge in [0.2, 0.25) is 5.95 Å². The highest BCUT2D eigenvalue weighted by Gasteiger charge is 2.18. The lowest BCUT2D eigenvalue weighted by atomic mass is 10.1. The van der Waals surface area contributed by atoms with E-state index in [1.54, 1.807) is 18.6 Å². The number of aromatic nitrogens is 6. The van der Waals surface area contributed by atoms with Gasteiger partial charge in [0.05, 0.1) is 11.6 Å². The molecule has 7 heteroatoms. The molecule has 0 unspecified atom stereocenters. The fraction of sp³-hybridized carbons (Fsp3) is 0.385. The molecule has 4 rings (SSSR count). The van der Waals surface area contributed by atoms with Gasteiger partial charge in [-0.25, -0.2) is 9.97 Å². The number of hydrogen-bond donors (Lipinski definition) is 2. The molecule has 0 amide bonds. The number of anilines is 1. The molecule has 102 valence electrons. The van der Waals surface area contributed by atoms with Crippen molar-refractivity contribution in [2.75, 3.05) is 18.0 Å². The van der Waals surface area contributed by atoms with E-state index in [9.17, 15) is 0 Å². The third-order valence-corrected chi connectivity index (χ3v) is 3.66. The zero-order valence-electron chi connectivity index (χ0n) is 11.0. The van der Waals surface area contributed by atoms with Gasteiger partial charge in [-0.05, 0) is 19.3 Å². The number of aromatic amines is 2. The fourth-order valence-electron chi connectivity index (χ4n) is 2.63. The molecule has 0 radical (unpaired) electrons. The lowest BCUT2D eigenvalue weighted by molar-refractivity contribution is 0.569. The third kappa shape index (κ3) is 1.82. The van der Waals surface area contributed by atoms with Crippen LogP contribution in [0.5, 0.6) is 0 Å². The Kier molecular flexibility index (Phi) is 2.61. The lowest BCUT2D eigenvalue weighted by Crippen LogP contribution is -2.31. The number of piperidine rings is 1. The van der Waals surface area contributed by atoms with Crippen LogP contribution < -0.4 is 4.90 Å². The van der Waals surface area contributed by atoms with E-state index < -0.39 is 0 Å². The number of imidazole rings is 1. The average Bonchev–Trinajstić information content (AvgIpc) is 3.18. The van der Waals surface area contributed by atoms with Crippen LogP contribution in [0.1, 0.15) is 19.3 Å². The molecule has 1 fully saturated rings. The fourth-order valence-corrected chi connectivity index (χ4v) is 2.63. The van der Waals surface area contributed by atoms with E-state index in [0.717, 1.165) is 41.6 Å². The maximum Gasteiger partial charge on any atom is 0.228 e. The molecule has 1 aliphatic heterocycles. The summed E-state index contributed by atoms with van der Waals surface area (Å²) in [5.41, 5.74) is 1.56. The van der Waals surface area contributed by atoms with Crippen LogP contribution in [0.3, 0.4) is 0 Å². The average molecular weight is 269 g/mol. The molecular formula is C13H15N7. The summed E-state index contributed by atoms with van der Waals surface area (Å²) in [6.45, 7) is 2.02. The van der Waals surface area contributed by atoms with Gasteiger partial charge in [-0.1, -0.05) is 0 Å². The van der Waals surface area contributed by atoms with Crippen molar-refractivity contribution in [2.24, 2.45) is 0 Å². The Hall–Kier alpha value is -2.44. The number of nitrogens with one attached hydrogen (secondary N) is 2. The summed E-state index contributed by atoms with van der Waals surface area (Å²) < 4.78 is 0. The van der Waals surface area contributed by atoms with E-state index in [0.29, 0.717) is 0 Å². The Labute approximate surface area is 115 Å². The molecule has 3 aromatic heterocycles. The van der Waals surface area contributed by atoms with Gasteiger partial charge in [0.25, 0.3) is 0 Å². The molecule has 1 saturated heterocycles. The minimum Gasteiger partial charge on any atom is -0.343 e. The van der Waals surface area contributed by atoms with Crippen molar-refractivity contribution in [1.82, 2.24) is 30.1 Å². The Bertz CT molecular complexity index is 709. The SMILES string of the molecule is c1c[nH]c(-c2nc(N3CCCCC3)nc3[nH]ncc23)n1. The second-order valence-corrected chi connectivity index (χ2v) is 4.99. The maximum absolute atomic E-state index is 4.70. The second kappa shape index (κ2) is 4.59. The maximum atomic E-state index is 4.70. The summed E-state index contributed by atoms with van der Waals surface area (Å²) in [6, 6.07) is 0. The van der Waals surface area contributed by atoms with Crippen LogP contribution in [0, 0.1) is 0 Å². The highest BCUT2D eigenvalue weighted by molar-refractivity contribution is 5.88. The Balaban J connectivity index is 1.86. The summed E-state index contributed by atoms with van der Waals surface area (Å²) in [7, 11) is 0. The number of hydrogen-bond acceptors (Lipinski definition) is 5. The molecule has 4 heterocycles. The summed E-state index contributed by atoms with van der Waals surface area (Å²) in [5.74, 6) is 1.50. The normalized spacial score (nSPS) is 15.9. The van der Waals surface area contributed by atoms with E-state index in [1.165, 1.54) is 19.3 Å². The van der Waals surface area contributed by atoms with Crippen LogP contribution in [0.15, 0.2) is 18.6 Å². The van der Waals surface area contributed by atoms with Crippen LogP contribution in [0.4, 0.5) is 5.95 Å². The van der Waals surface area contributed by atoms with Gasteiger partial charge < -0.3 is 9.88 Å². The number of fused-ring (bicyclic) bond motifs is 1. The van der Waals surface area contributed by atoms with E-state index in [1.807, 2.05) is 0 Å². The minimum atomic E-state index is 0.747. The summed E-state index contributed by atoms with van der Waals surface area (Å²) in [6.07, 6.45) is 8.94. The number of nitrogens with zero attached hydrogens (tertiary/aromatic N) is 5. The van der Waals surface area contributed by atoms with Crippen LogP contribution >= 0.6 is 0 Å². The number of H-pyrrole nitrogens is 2. The molecule has 0 aromatic carbocycles. The molecule has 20 heavy (non-hydrogen) atoms. The van der Waals surface area contributed by atoms with Crippen molar-refractivity contribution in [3.8, 4) is 11.5 Å². The zero-order valence-corrected chi connectivity index (χ0v) is 11.0. The van der Waals surface area contributed by atoms with E-state index in [2.05, 4.69) is 30.0 Å². The zero-order chi connectivity index (χ0) is 13.4. The Morgan fingerprint density at radius 2 is 2.00 bits per heavy atom. The monoisotopic (exact) mass is 269 g/mol. The number of rotatable bonds is 2.